The zero-order chi connectivity index (χ0) is 16.1. The first-order valence-corrected chi connectivity index (χ1v) is 8.17. The average Bonchev–Trinajstić information content (AvgIpc) is 2.61. The van der Waals surface area contributed by atoms with Crippen LogP contribution in [0.1, 0.15) is 18.4 Å². The first kappa shape index (κ1) is 16.2. The number of pyridine rings is 1. The van der Waals surface area contributed by atoms with Crippen molar-refractivity contribution in [3.8, 4) is 0 Å². The lowest BCUT2D eigenvalue weighted by molar-refractivity contribution is 0.00602. The SMILES string of the molecule is COCCOC1CCN(c2nc3ccccc3cc2CO)CC1. The molecule has 2 aromatic rings. The Labute approximate surface area is 136 Å². The molecule has 1 aromatic carbocycles. The molecule has 0 aliphatic carbocycles. The fraction of sp³-hybridized carbons (Fsp3) is 0.500. The second kappa shape index (κ2) is 7.73. The lowest BCUT2D eigenvalue weighted by Gasteiger charge is -2.33. The van der Waals surface area contributed by atoms with Gasteiger partial charge in [0.15, 0.2) is 0 Å². The molecule has 0 amide bonds. The predicted molar refractivity (Wildman–Crippen MR) is 90.7 cm³/mol. The highest BCUT2D eigenvalue weighted by Gasteiger charge is 2.22. The molecule has 0 radical (unpaired) electrons. The maximum Gasteiger partial charge on any atom is 0.134 e. The van der Waals surface area contributed by atoms with Gasteiger partial charge in [0, 0.05) is 31.1 Å². The molecule has 1 fully saturated rings. The van der Waals surface area contributed by atoms with Gasteiger partial charge in [-0.15, -0.1) is 0 Å². The van der Waals surface area contributed by atoms with E-state index in [9.17, 15) is 5.11 Å². The molecule has 0 bridgehead atoms. The number of rotatable bonds is 6. The maximum absolute atomic E-state index is 9.70. The average molecular weight is 316 g/mol. The van der Waals surface area contributed by atoms with Crippen LogP contribution in [-0.4, -0.2) is 49.6 Å². The van der Waals surface area contributed by atoms with Crippen LogP contribution in [0.5, 0.6) is 0 Å². The zero-order valence-corrected chi connectivity index (χ0v) is 13.6. The largest absolute Gasteiger partial charge is 0.392 e. The van der Waals surface area contributed by atoms with E-state index in [-0.39, 0.29) is 6.61 Å². The topological polar surface area (TPSA) is 54.8 Å². The normalized spacial score (nSPS) is 16.2. The van der Waals surface area contributed by atoms with Gasteiger partial charge in [-0.3, -0.25) is 0 Å². The smallest absolute Gasteiger partial charge is 0.134 e. The summed E-state index contributed by atoms with van der Waals surface area (Å²) in [6.45, 7) is 3.10. The van der Waals surface area contributed by atoms with Gasteiger partial charge in [-0.2, -0.15) is 0 Å². The van der Waals surface area contributed by atoms with Crippen LogP contribution < -0.4 is 4.90 Å². The number of piperidine rings is 1. The summed E-state index contributed by atoms with van der Waals surface area (Å²) in [6, 6.07) is 10.1. The van der Waals surface area contributed by atoms with Crippen molar-refractivity contribution in [2.45, 2.75) is 25.6 Å². The highest BCUT2D eigenvalue weighted by Crippen LogP contribution is 2.26. The van der Waals surface area contributed by atoms with Crippen molar-refractivity contribution < 1.29 is 14.6 Å². The lowest BCUT2D eigenvalue weighted by atomic mass is 10.1. The van der Waals surface area contributed by atoms with Crippen LogP contribution in [0.25, 0.3) is 10.9 Å². The number of aliphatic hydroxyl groups is 1. The van der Waals surface area contributed by atoms with E-state index in [2.05, 4.69) is 4.90 Å². The first-order chi connectivity index (χ1) is 11.3. The van der Waals surface area contributed by atoms with E-state index < -0.39 is 0 Å². The van der Waals surface area contributed by atoms with Gasteiger partial charge >= 0.3 is 0 Å². The monoisotopic (exact) mass is 316 g/mol. The second-order valence-corrected chi connectivity index (χ2v) is 5.87. The highest BCUT2D eigenvalue weighted by atomic mass is 16.5. The summed E-state index contributed by atoms with van der Waals surface area (Å²) in [5, 5.41) is 10.8. The third-order valence-corrected chi connectivity index (χ3v) is 4.33. The molecule has 5 heteroatoms. The van der Waals surface area contributed by atoms with Crippen LogP contribution in [0.15, 0.2) is 30.3 Å². The zero-order valence-electron chi connectivity index (χ0n) is 13.6. The molecular weight excluding hydrogens is 292 g/mol. The molecule has 1 saturated heterocycles. The minimum Gasteiger partial charge on any atom is -0.392 e. The van der Waals surface area contributed by atoms with E-state index >= 15 is 0 Å². The number of ether oxygens (including phenoxy) is 2. The number of aromatic nitrogens is 1. The Morgan fingerprint density at radius 1 is 1.22 bits per heavy atom. The van der Waals surface area contributed by atoms with Crippen LogP contribution in [-0.2, 0) is 16.1 Å². The molecule has 1 aromatic heterocycles. The Hall–Kier alpha value is -1.69. The van der Waals surface area contributed by atoms with E-state index in [0.29, 0.717) is 19.3 Å². The molecular formula is C18H24N2O3. The van der Waals surface area contributed by atoms with E-state index in [4.69, 9.17) is 14.5 Å². The van der Waals surface area contributed by atoms with E-state index in [1.165, 1.54) is 0 Å². The van der Waals surface area contributed by atoms with Gasteiger partial charge in [0.05, 0.1) is 31.4 Å². The number of aliphatic hydroxyl groups excluding tert-OH is 1. The quantitative estimate of drug-likeness (QED) is 0.829. The highest BCUT2D eigenvalue weighted by molar-refractivity contribution is 5.81. The van der Waals surface area contributed by atoms with Crippen molar-refractivity contribution in [1.82, 2.24) is 4.98 Å². The van der Waals surface area contributed by atoms with Crippen molar-refractivity contribution in [2.75, 3.05) is 38.3 Å². The van der Waals surface area contributed by atoms with Gasteiger partial charge in [0.2, 0.25) is 0 Å². The van der Waals surface area contributed by atoms with Crippen LogP contribution >= 0.6 is 0 Å². The first-order valence-electron chi connectivity index (χ1n) is 8.17. The fourth-order valence-electron chi connectivity index (χ4n) is 3.07. The number of fused-ring (bicyclic) bond motifs is 1. The lowest BCUT2D eigenvalue weighted by Crippen LogP contribution is -2.38. The molecule has 0 unspecified atom stereocenters. The Morgan fingerprint density at radius 3 is 2.74 bits per heavy atom. The summed E-state index contributed by atoms with van der Waals surface area (Å²) in [4.78, 5) is 7.03. The Morgan fingerprint density at radius 2 is 2.00 bits per heavy atom. The summed E-state index contributed by atoms with van der Waals surface area (Å²) in [5.41, 5.74) is 1.86. The Balaban J connectivity index is 1.71. The molecule has 2 heterocycles. The number of hydrogen-bond donors (Lipinski definition) is 1. The van der Waals surface area contributed by atoms with Crippen molar-refractivity contribution in [3.05, 3.63) is 35.9 Å². The van der Waals surface area contributed by atoms with Crippen LogP contribution in [0, 0.1) is 0 Å². The van der Waals surface area contributed by atoms with Crippen molar-refractivity contribution in [2.24, 2.45) is 0 Å². The van der Waals surface area contributed by atoms with Crippen LogP contribution in [0.2, 0.25) is 0 Å². The molecule has 1 aliphatic rings. The number of nitrogens with zero attached hydrogens (tertiary/aromatic N) is 2. The summed E-state index contributed by atoms with van der Waals surface area (Å²) in [5.74, 6) is 0.904. The molecule has 1 aliphatic heterocycles. The van der Waals surface area contributed by atoms with Gasteiger partial charge in [0.25, 0.3) is 0 Å². The predicted octanol–water partition coefficient (Wildman–Crippen LogP) is 2.36. The summed E-state index contributed by atoms with van der Waals surface area (Å²) in [6.07, 6.45) is 2.24. The molecule has 3 rings (SSSR count). The minimum atomic E-state index is 0.0113. The molecule has 0 spiro atoms. The summed E-state index contributed by atoms with van der Waals surface area (Å²) >= 11 is 0. The van der Waals surface area contributed by atoms with Gasteiger partial charge in [-0.05, 0) is 25.0 Å². The molecule has 0 atom stereocenters. The fourth-order valence-corrected chi connectivity index (χ4v) is 3.07. The van der Waals surface area contributed by atoms with E-state index in [0.717, 1.165) is 48.2 Å². The second-order valence-electron chi connectivity index (χ2n) is 5.87. The van der Waals surface area contributed by atoms with Crippen molar-refractivity contribution >= 4 is 16.7 Å². The number of para-hydroxylation sites is 1. The standard InChI is InChI=1S/C18H24N2O3/c1-22-10-11-23-16-6-8-20(9-7-16)18-15(13-21)12-14-4-2-3-5-17(14)19-18/h2-5,12,16,21H,6-11,13H2,1H3. The molecule has 124 valence electrons. The number of benzene rings is 1. The van der Waals surface area contributed by atoms with Gasteiger partial charge in [-0.1, -0.05) is 18.2 Å². The molecule has 5 nitrogen and oxygen atoms in total. The molecule has 0 saturated carbocycles. The molecule has 23 heavy (non-hydrogen) atoms. The maximum atomic E-state index is 9.70. The third-order valence-electron chi connectivity index (χ3n) is 4.33. The third kappa shape index (κ3) is 3.80. The van der Waals surface area contributed by atoms with Crippen molar-refractivity contribution in [3.63, 3.8) is 0 Å². The van der Waals surface area contributed by atoms with Crippen molar-refractivity contribution in [1.29, 1.82) is 0 Å². The Kier molecular flexibility index (Phi) is 5.43. The number of hydrogen-bond acceptors (Lipinski definition) is 5. The van der Waals surface area contributed by atoms with Crippen LogP contribution in [0.3, 0.4) is 0 Å². The molecule has 1 N–H and O–H groups in total. The van der Waals surface area contributed by atoms with Gasteiger partial charge in [-0.25, -0.2) is 4.98 Å². The Bertz CT molecular complexity index is 639. The van der Waals surface area contributed by atoms with E-state index in [1.807, 2.05) is 30.3 Å². The number of anilines is 1. The van der Waals surface area contributed by atoms with Gasteiger partial charge in [0.1, 0.15) is 5.82 Å². The van der Waals surface area contributed by atoms with Gasteiger partial charge < -0.3 is 19.5 Å². The minimum absolute atomic E-state index is 0.0113. The summed E-state index contributed by atoms with van der Waals surface area (Å²) in [7, 11) is 1.69. The number of methoxy groups -OCH3 is 1. The van der Waals surface area contributed by atoms with Crippen LogP contribution in [0.4, 0.5) is 5.82 Å². The van der Waals surface area contributed by atoms with E-state index in [1.54, 1.807) is 7.11 Å². The summed E-state index contributed by atoms with van der Waals surface area (Å²) < 4.78 is 10.8.